The molecule has 148 valence electrons. The highest BCUT2D eigenvalue weighted by atomic mass is 16.5. The number of rotatable bonds is 3. The number of fused-ring (bicyclic) bond motifs is 1. The number of carbonyl (C=O) groups excluding carboxylic acids is 1. The zero-order chi connectivity index (χ0) is 19.9. The number of carbonyl (C=O) groups is 1. The van der Waals surface area contributed by atoms with Gasteiger partial charge in [0.2, 0.25) is 0 Å². The van der Waals surface area contributed by atoms with Crippen LogP contribution < -0.4 is 15.0 Å². The normalized spacial score (nSPS) is 18.2. The van der Waals surface area contributed by atoms with E-state index in [2.05, 4.69) is 67.4 Å². The molecule has 2 aliphatic rings. The Hall–Kier alpha value is -2.69. The second-order valence-corrected chi connectivity index (χ2v) is 8.40. The molecule has 1 N–H and O–H groups in total. The first kappa shape index (κ1) is 18.7. The number of nitrogens with one attached hydrogen (secondary N) is 1. The lowest BCUT2D eigenvalue weighted by Gasteiger charge is -2.39. The fourth-order valence-corrected chi connectivity index (χ4v) is 3.96. The molecule has 0 unspecified atom stereocenters. The number of esters is 1. The number of anilines is 2. The predicted octanol–water partition coefficient (Wildman–Crippen LogP) is 4.24. The molecule has 0 aliphatic carbocycles. The molecule has 2 aliphatic heterocycles. The molecule has 0 radical (unpaired) electrons. The molecule has 5 heteroatoms. The largest absolute Gasteiger partial charge is 0.486 e. The molecular formula is C23H28N2O3. The highest BCUT2D eigenvalue weighted by Crippen LogP contribution is 2.42. The van der Waals surface area contributed by atoms with Crippen LogP contribution in [-0.4, -0.2) is 38.3 Å². The van der Waals surface area contributed by atoms with Crippen molar-refractivity contribution in [1.29, 1.82) is 0 Å². The van der Waals surface area contributed by atoms with Crippen molar-refractivity contribution < 1.29 is 14.3 Å². The number of aryl methyl sites for hydroxylation is 1. The Morgan fingerprint density at radius 1 is 1.25 bits per heavy atom. The summed E-state index contributed by atoms with van der Waals surface area (Å²) >= 11 is 0. The van der Waals surface area contributed by atoms with Crippen molar-refractivity contribution >= 4 is 17.3 Å². The summed E-state index contributed by atoms with van der Waals surface area (Å²) in [4.78, 5) is 13.9. The number of benzene rings is 2. The van der Waals surface area contributed by atoms with Gasteiger partial charge in [-0.2, -0.15) is 0 Å². The Balaban J connectivity index is 1.66. The Morgan fingerprint density at radius 3 is 2.79 bits per heavy atom. The number of hydrogen-bond donors (Lipinski definition) is 1. The van der Waals surface area contributed by atoms with Gasteiger partial charge in [0.25, 0.3) is 0 Å². The van der Waals surface area contributed by atoms with Crippen molar-refractivity contribution in [2.75, 3.05) is 37.0 Å². The van der Waals surface area contributed by atoms with Crippen molar-refractivity contribution in [3.63, 3.8) is 0 Å². The van der Waals surface area contributed by atoms with Crippen LogP contribution in [0, 0.1) is 12.8 Å². The van der Waals surface area contributed by atoms with Gasteiger partial charge in [0.05, 0.1) is 18.7 Å². The van der Waals surface area contributed by atoms with Crippen molar-refractivity contribution in [2.24, 2.45) is 5.92 Å². The first-order valence-corrected chi connectivity index (χ1v) is 9.87. The second-order valence-electron chi connectivity index (χ2n) is 8.40. The van der Waals surface area contributed by atoms with Gasteiger partial charge in [-0.15, -0.1) is 0 Å². The van der Waals surface area contributed by atoms with Crippen LogP contribution in [0.3, 0.4) is 0 Å². The minimum Gasteiger partial charge on any atom is -0.486 e. The Labute approximate surface area is 166 Å². The summed E-state index contributed by atoms with van der Waals surface area (Å²) in [5.41, 5.74) is 5.47. The maximum absolute atomic E-state index is 11.7. The van der Waals surface area contributed by atoms with Gasteiger partial charge in [0.1, 0.15) is 11.4 Å². The van der Waals surface area contributed by atoms with Crippen LogP contribution in [0.1, 0.15) is 25.8 Å². The van der Waals surface area contributed by atoms with Gasteiger partial charge in [0, 0.05) is 37.3 Å². The van der Waals surface area contributed by atoms with Crippen molar-refractivity contribution in [1.82, 2.24) is 0 Å². The van der Waals surface area contributed by atoms with E-state index in [4.69, 9.17) is 9.47 Å². The third-order valence-corrected chi connectivity index (χ3v) is 5.60. The van der Waals surface area contributed by atoms with E-state index in [0.717, 1.165) is 41.2 Å². The molecule has 0 amide bonds. The molecular weight excluding hydrogens is 352 g/mol. The van der Waals surface area contributed by atoms with Gasteiger partial charge in [-0.1, -0.05) is 12.1 Å². The number of ether oxygens (including phenoxy) is 2. The summed E-state index contributed by atoms with van der Waals surface area (Å²) in [6.45, 7) is 8.66. The molecule has 0 bridgehead atoms. The molecule has 5 nitrogen and oxygen atoms in total. The molecule has 2 heterocycles. The van der Waals surface area contributed by atoms with E-state index < -0.39 is 0 Å². The van der Waals surface area contributed by atoms with E-state index in [1.807, 2.05) is 0 Å². The molecule has 0 spiro atoms. The smallest absolute Gasteiger partial charge is 0.312 e. The highest BCUT2D eigenvalue weighted by Gasteiger charge is 2.33. The van der Waals surface area contributed by atoms with Crippen LogP contribution in [0.25, 0.3) is 11.1 Å². The predicted molar refractivity (Wildman–Crippen MR) is 112 cm³/mol. The van der Waals surface area contributed by atoms with Crippen LogP contribution in [-0.2, 0) is 9.53 Å². The lowest BCUT2D eigenvalue weighted by atomic mass is 9.96. The van der Waals surface area contributed by atoms with Crippen molar-refractivity contribution in [3.05, 3.63) is 42.0 Å². The first-order valence-electron chi connectivity index (χ1n) is 9.87. The summed E-state index contributed by atoms with van der Waals surface area (Å²) in [6, 6.07) is 12.8. The average Bonchev–Trinajstić information content (AvgIpc) is 2.76. The fraction of sp³-hybridized carbons (Fsp3) is 0.435. The fourth-order valence-electron chi connectivity index (χ4n) is 3.96. The van der Waals surface area contributed by atoms with Crippen LogP contribution >= 0.6 is 0 Å². The van der Waals surface area contributed by atoms with Crippen LogP contribution in [0.15, 0.2) is 36.4 Å². The maximum atomic E-state index is 11.7. The summed E-state index contributed by atoms with van der Waals surface area (Å²) in [5.74, 6) is 0.763. The van der Waals surface area contributed by atoms with E-state index in [-0.39, 0.29) is 17.5 Å². The Kier molecular flexibility index (Phi) is 4.69. The van der Waals surface area contributed by atoms with Gasteiger partial charge in [-0.05, 0) is 56.2 Å². The van der Waals surface area contributed by atoms with E-state index in [0.29, 0.717) is 13.1 Å². The lowest BCUT2D eigenvalue weighted by Crippen LogP contribution is -2.50. The molecule has 0 saturated carbocycles. The topological polar surface area (TPSA) is 50.8 Å². The summed E-state index contributed by atoms with van der Waals surface area (Å²) in [7, 11) is 1.45. The lowest BCUT2D eigenvalue weighted by molar-refractivity contribution is -0.146. The van der Waals surface area contributed by atoms with Gasteiger partial charge in [-0.3, -0.25) is 4.79 Å². The number of methoxy groups -OCH3 is 1. The van der Waals surface area contributed by atoms with E-state index in [1.54, 1.807) is 0 Å². The zero-order valence-electron chi connectivity index (χ0n) is 17.0. The standard InChI is InChI=1S/C23H28N2O3/c1-15-10-19(21-20(11-15)28-23(2,3)8-9-24-21)16-6-5-7-18(12-16)25-13-17(14-25)22(26)27-4/h5-7,10-12,17,24H,8-9,13-14H2,1-4H3. The summed E-state index contributed by atoms with van der Waals surface area (Å²) in [6.07, 6.45) is 0.947. The summed E-state index contributed by atoms with van der Waals surface area (Å²) < 4.78 is 11.2. The third kappa shape index (κ3) is 3.53. The molecule has 2 aromatic rings. The summed E-state index contributed by atoms with van der Waals surface area (Å²) in [5, 5.41) is 3.58. The molecule has 2 aromatic carbocycles. The third-order valence-electron chi connectivity index (χ3n) is 5.60. The minimum atomic E-state index is -0.189. The van der Waals surface area contributed by atoms with Crippen molar-refractivity contribution in [3.8, 4) is 16.9 Å². The SMILES string of the molecule is COC(=O)C1CN(c2cccc(-c3cc(C)cc4c3NCCC(C)(C)O4)c2)C1. The number of nitrogens with zero attached hydrogens (tertiary/aromatic N) is 1. The second kappa shape index (κ2) is 7.04. The molecule has 0 atom stereocenters. The maximum Gasteiger partial charge on any atom is 0.312 e. The zero-order valence-corrected chi connectivity index (χ0v) is 17.0. The van der Waals surface area contributed by atoms with E-state index in [9.17, 15) is 4.79 Å². The molecule has 1 saturated heterocycles. The molecule has 1 fully saturated rings. The quantitative estimate of drug-likeness (QED) is 0.807. The Bertz CT molecular complexity index is 901. The van der Waals surface area contributed by atoms with Gasteiger partial charge in [-0.25, -0.2) is 0 Å². The van der Waals surface area contributed by atoms with Gasteiger partial charge >= 0.3 is 5.97 Å². The van der Waals surface area contributed by atoms with Crippen LogP contribution in [0.2, 0.25) is 0 Å². The molecule has 28 heavy (non-hydrogen) atoms. The first-order chi connectivity index (χ1) is 13.4. The van der Waals surface area contributed by atoms with Gasteiger partial charge < -0.3 is 19.7 Å². The molecule has 0 aromatic heterocycles. The van der Waals surface area contributed by atoms with Gasteiger partial charge in [0.15, 0.2) is 0 Å². The number of hydrogen-bond acceptors (Lipinski definition) is 5. The van der Waals surface area contributed by atoms with Crippen molar-refractivity contribution in [2.45, 2.75) is 32.8 Å². The Morgan fingerprint density at radius 2 is 2.04 bits per heavy atom. The average molecular weight is 380 g/mol. The minimum absolute atomic E-state index is 0.0267. The van der Waals surface area contributed by atoms with Crippen LogP contribution in [0.5, 0.6) is 5.75 Å². The highest BCUT2D eigenvalue weighted by molar-refractivity contribution is 5.85. The molecule has 4 rings (SSSR count). The van der Waals surface area contributed by atoms with E-state index in [1.165, 1.54) is 12.7 Å². The van der Waals surface area contributed by atoms with E-state index >= 15 is 0 Å². The monoisotopic (exact) mass is 380 g/mol. The van der Waals surface area contributed by atoms with Crippen LogP contribution in [0.4, 0.5) is 11.4 Å².